The van der Waals surface area contributed by atoms with Crippen LogP contribution in [0.1, 0.15) is 44.2 Å². The molecule has 2 aromatic heterocycles. The van der Waals surface area contributed by atoms with Crippen LogP contribution >= 0.6 is 0 Å². The van der Waals surface area contributed by atoms with E-state index >= 15 is 0 Å². The van der Waals surface area contributed by atoms with Crippen LogP contribution in [0.2, 0.25) is 0 Å². The third kappa shape index (κ3) is 12.1. The maximum absolute atomic E-state index is 12.3. The van der Waals surface area contributed by atoms with Gasteiger partial charge in [0.15, 0.2) is 5.82 Å². The third-order valence-corrected chi connectivity index (χ3v) is 5.97. The largest absolute Gasteiger partial charge is 0.359 e. The third-order valence-electron chi connectivity index (χ3n) is 4.94. The van der Waals surface area contributed by atoms with Gasteiger partial charge in [-0.25, -0.2) is 8.42 Å². The van der Waals surface area contributed by atoms with Gasteiger partial charge in [0.2, 0.25) is 5.91 Å². The minimum Gasteiger partial charge on any atom is -0.359 e. The van der Waals surface area contributed by atoms with Crippen molar-refractivity contribution in [3.05, 3.63) is 65.7 Å². The van der Waals surface area contributed by atoms with Crippen LogP contribution in [0.4, 0.5) is 5.82 Å². The van der Waals surface area contributed by atoms with Gasteiger partial charge in [-0.05, 0) is 30.0 Å². The van der Waals surface area contributed by atoms with Crippen LogP contribution in [0.5, 0.6) is 0 Å². The number of nitrogens with zero attached hydrogens (tertiary/aromatic N) is 2. The minimum atomic E-state index is -3.67. The van der Waals surface area contributed by atoms with Gasteiger partial charge >= 0.3 is 0 Å². The summed E-state index contributed by atoms with van der Waals surface area (Å²) in [5.74, 6) is 1.14. The average Bonchev–Trinajstić information content (AvgIpc) is 3.22. The Hall–Kier alpha value is -3.09. The summed E-state index contributed by atoms with van der Waals surface area (Å²) in [6.45, 7) is 6.05. The fraction of sp³-hybridized carbons (Fsp3) is 0.400. The molecule has 0 unspecified atom stereocenters. The normalized spacial score (nSPS) is 11.9. The van der Waals surface area contributed by atoms with Crippen molar-refractivity contribution >= 4 is 31.7 Å². The van der Waals surface area contributed by atoms with Gasteiger partial charge in [-0.2, -0.15) is 8.42 Å². The van der Waals surface area contributed by atoms with Gasteiger partial charge in [0.1, 0.15) is 15.6 Å². The van der Waals surface area contributed by atoms with E-state index in [-0.39, 0.29) is 23.5 Å². The summed E-state index contributed by atoms with van der Waals surface area (Å²) in [5, 5.41) is 6.68. The molecular formula is C25H33N3O7S2. The molecule has 0 aliphatic carbocycles. The lowest BCUT2D eigenvalue weighted by atomic mass is 9.93. The molecule has 0 saturated carbocycles. The zero-order valence-electron chi connectivity index (χ0n) is 21.6. The van der Waals surface area contributed by atoms with Crippen LogP contribution < -0.4 is 5.32 Å². The molecule has 10 nitrogen and oxygen atoms in total. The Kier molecular flexibility index (Phi) is 10.1. The number of carbonyl (C=O) groups excluding carboxylic acids is 1. The van der Waals surface area contributed by atoms with Gasteiger partial charge in [0.25, 0.3) is 10.1 Å². The molecular weight excluding hydrogens is 518 g/mol. The lowest BCUT2D eigenvalue weighted by Crippen LogP contribution is -2.14. The standard InChI is InChI=1S/C24H29N3O4S.CH4O3S/c1-24(2,3)21-15-22(27-31-21)26-23(28)14-17-7-9-18(10-8-17)19-11-12-20(25-16-19)6-5-13-32(4,29)30;1-5(2,3)4/h7-12,15-16H,5-6,13-14H2,1-4H3,(H,26,27,28);1H3,(H,2,3,4). The molecule has 12 heteroatoms. The topological polar surface area (TPSA) is 157 Å². The second kappa shape index (κ2) is 12.4. The van der Waals surface area contributed by atoms with Crippen LogP contribution in [-0.2, 0) is 43.0 Å². The molecule has 3 rings (SSSR count). The van der Waals surface area contributed by atoms with E-state index in [2.05, 4.69) is 15.5 Å². The van der Waals surface area contributed by atoms with Crippen molar-refractivity contribution in [2.75, 3.05) is 23.6 Å². The summed E-state index contributed by atoms with van der Waals surface area (Å²) in [6.07, 6.45) is 5.17. The summed E-state index contributed by atoms with van der Waals surface area (Å²) < 4.78 is 53.6. The lowest BCUT2D eigenvalue weighted by molar-refractivity contribution is -0.115. The maximum atomic E-state index is 12.3. The molecule has 1 amide bonds. The van der Waals surface area contributed by atoms with Crippen molar-refractivity contribution < 1.29 is 30.7 Å². The Labute approximate surface area is 218 Å². The van der Waals surface area contributed by atoms with Gasteiger partial charge in [0.05, 0.1) is 18.4 Å². The van der Waals surface area contributed by atoms with E-state index in [1.165, 1.54) is 6.26 Å². The Morgan fingerprint density at radius 1 is 1.00 bits per heavy atom. The van der Waals surface area contributed by atoms with Crippen LogP contribution in [0.25, 0.3) is 11.1 Å². The Morgan fingerprint density at radius 3 is 2.08 bits per heavy atom. The van der Waals surface area contributed by atoms with Gasteiger partial charge in [0, 0.05) is 35.2 Å². The summed E-state index contributed by atoms with van der Waals surface area (Å²) in [5.41, 5.74) is 3.54. The number of carbonyl (C=O) groups is 1. The monoisotopic (exact) mass is 551 g/mol. The summed E-state index contributed by atoms with van der Waals surface area (Å²) in [7, 11) is -6.61. The van der Waals surface area contributed by atoms with Crippen molar-refractivity contribution in [2.24, 2.45) is 0 Å². The highest BCUT2D eigenvalue weighted by Crippen LogP contribution is 2.24. The van der Waals surface area contributed by atoms with Crippen molar-refractivity contribution in [1.29, 1.82) is 0 Å². The number of aryl methyl sites for hydroxylation is 1. The second-order valence-electron chi connectivity index (χ2n) is 9.75. The number of hydrogen-bond acceptors (Lipinski definition) is 8. The summed E-state index contributed by atoms with van der Waals surface area (Å²) in [4.78, 5) is 16.8. The molecule has 202 valence electrons. The fourth-order valence-electron chi connectivity index (χ4n) is 3.13. The van der Waals surface area contributed by atoms with Crippen molar-refractivity contribution in [1.82, 2.24) is 10.1 Å². The van der Waals surface area contributed by atoms with Gasteiger partial charge in [-0.3, -0.25) is 14.3 Å². The maximum Gasteiger partial charge on any atom is 0.261 e. The van der Waals surface area contributed by atoms with E-state index in [4.69, 9.17) is 9.08 Å². The van der Waals surface area contributed by atoms with E-state index in [0.717, 1.165) is 22.4 Å². The molecule has 0 atom stereocenters. The van der Waals surface area contributed by atoms with E-state index in [1.54, 1.807) is 12.3 Å². The minimum absolute atomic E-state index is 0.161. The zero-order chi connectivity index (χ0) is 27.9. The molecule has 0 aliphatic heterocycles. The first-order valence-corrected chi connectivity index (χ1v) is 15.3. The fourth-order valence-corrected chi connectivity index (χ4v) is 3.80. The number of pyridine rings is 1. The predicted molar refractivity (Wildman–Crippen MR) is 143 cm³/mol. The molecule has 3 aromatic rings. The molecule has 0 radical (unpaired) electrons. The van der Waals surface area contributed by atoms with Gasteiger partial charge in [-0.1, -0.05) is 56.3 Å². The molecule has 0 fully saturated rings. The van der Waals surface area contributed by atoms with E-state index < -0.39 is 20.0 Å². The quantitative estimate of drug-likeness (QED) is 0.398. The number of sulfone groups is 1. The first-order chi connectivity index (χ1) is 17.0. The summed E-state index contributed by atoms with van der Waals surface area (Å²) in [6, 6.07) is 13.4. The number of aromatic nitrogens is 2. The molecule has 2 N–H and O–H groups in total. The van der Waals surface area contributed by atoms with Gasteiger partial charge in [-0.15, -0.1) is 0 Å². The highest BCUT2D eigenvalue weighted by molar-refractivity contribution is 7.90. The Balaban J connectivity index is 0.000000877. The number of benzene rings is 1. The van der Waals surface area contributed by atoms with E-state index in [0.29, 0.717) is 30.7 Å². The predicted octanol–water partition coefficient (Wildman–Crippen LogP) is 3.70. The SMILES string of the molecule is CC(C)(C)c1cc(NC(=O)Cc2ccc(-c3ccc(CCCS(C)(=O)=O)nc3)cc2)no1.CS(=O)(=O)O. The number of hydrogen-bond donors (Lipinski definition) is 2. The second-order valence-corrected chi connectivity index (χ2v) is 13.5. The van der Waals surface area contributed by atoms with Crippen molar-refractivity contribution in [3.8, 4) is 11.1 Å². The average molecular weight is 552 g/mol. The molecule has 0 aliphatic rings. The number of anilines is 1. The van der Waals surface area contributed by atoms with E-state index in [9.17, 15) is 21.6 Å². The lowest BCUT2D eigenvalue weighted by Gasteiger charge is -2.12. The molecule has 0 saturated heterocycles. The van der Waals surface area contributed by atoms with Crippen LogP contribution in [0.3, 0.4) is 0 Å². The molecule has 1 aromatic carbocycles. The highest BCUT2D eigenvalue weighted by atomic mass is 32.2. The molecule has 2 heterocycles. The Bertz CT molecular complexity index is 1380. The number of nitrogens with one attached hydrogen (secondary N) is 1. The van der Waals surface area contributed by atoms with Crippen molar-refractivity contribution in [2.45, 2.75) is 45.4 Å². The molecule has 0 bridgehead atoms. The molecule has 0 spiro atoms. The Morgan fingerprint density at radius 2 is 1.59 bits per heavy atom. The van der Waals surface area contributed by atoms with Crippen LogP contribution in [0.15, 0.2) is 53.2 Å². The van der Waals surface area contributed by atoms with E-state index in [1.807, 2.05) is 57.2 Å². The van der Waals surface area contributed by atoms with Gasteiger partial charge < -0.3 is 9.84 Å². The van der Waals surface area contributed by atoms with Crippen LogP contribution in [-0.4, -0.2) is 55.7 Å². The zero-order valence-corrected chi connectivity index (χ0v) is 23.2. The molecule has 37 heavy (non-hydrogen) atoms. The van der Waals surface area contributed by atoms with Crippen LogP contribution in [0, 0.1) is 0 Å². The first kappa shape index (κ1) is 30.1. The van der Waals surface area contributed by atoms with Crippen molar-refractivity contribution in [3.63, 3.8) is 0 Å². The highest BCUT2D eigenvalue weighted by Gasteiger charge is 2.20. The number of amides is 1. The first-order valence-electron chi connectivity index (χ1n) is 11.4. The summed E-state index contributed by atoms with van der Waals surface area (Å²) >= 11 is 0. The number of rotatable bonds is 8. The smallest absolute Gasteiger partial charge is 0.261 e.